The number of halogens is 1. The Labute approximate surface area is 184 Å². The molecule has 0 radical (unpaired) electrons. The molecule has 2 aliphatic rings. The molecule has 1 aromatic carbocycles. The van der Waals surface area contributed by atoms with Crippen LogP contribution in [0.25, 0.3) is 0 Å². The predicted octanol–water partition coefficient (Wildman–Crippen LogP) is 2.93. The molecule has 7 heteroatoms. The van der Waals surface area contributed by atoms with E-state index >= 15 is 0 Å². The molecule has 0 spiro atoms. The van der Waals surface area contributed by atoms with E-state index in [4.69, 9.17) is 4.52 Å². The van der Waals surface area contributed by atoms with Crippen LogP contribution in [-0.2, 0) is 13.0 Å². The summed E-state index contributed by atoms with van der Waals surface area (Å²) >= 11 is 0. The summed E-state index contributed by atoms with van der Waals surface area (Å²) < 4.78 is 5.17. The van der Waals surface area contributed by atoms with Crippen molar-refractivity contribution in [2.45, 2.75) is 32.4 Å². The first-order valence-electron chi connectivity index (χ1n) is 9.88. The number of piperazine rings is 1. The van der Waals surface area contributed by atoms with Crippen molar-refractivity contribution in [3.8, 4) is 0 Å². The summed E-state index contributed by atoms with van der Waals surface area (Å²) in [6.07, 6.45) is 2.39. The van der Waals surface area contributed by atoms with Gasteiger partial charge in [-0.15, -0.1) is 24.0 Å². The van der Waals surface area contributed by atoms with Crippen LogP contribution in [0.4, 0.5) is 0 Å². The molecular formula is C21H30IN5O. The van der Waals surface area contributed by atoms with Gasteiger partial charge in [-0.1, -0.05) is 35.5 Å². The Balaban J connectivity index is 0.00000225. The standard InChI is InChI=1S/C21H29N5O.HI/c1-16-12-19(24-27-16)15-25-8-10-26(11-9-25)21(22-2)23-20-14-18(20)13-17-6-4-3-5-7-17;/h3-7,12,18,20H,8-11,13-15H2,1-2H3,(H,22,23);1H. The quantitative estimate of drug-likeness (QED) is 0.393. The largest absolute Gasteiger partial charge is 0.361 e. The van der Waals surface area contributed by atoms with Crippen LogP contribution in [0.2, 0.25) is 0 Å². The Kier molecular flexibility index (Phi) is 7.34. The van der Waals surface area contributed by atoms with Gasteiger partial charge in [0, 0.05) is 51.9 Å². The van der Waals surface area contributed by atoms with Gasteiger partial charge in [0.25, 0.3) is 0 Å². The summed E-state index contributed by atoms with van der Waals surface area (Å²) in [7, 11) is 1.89. The van der Waals surface area contributed by atoms with E-state index < -0.39 is 0 Å². The molecule has 2 atom stereocenters. The average Bonchev–Trinajstić information content (AvgIpc) is 3.29. The molecule has 1 aromatic heterocycles. The number of benzene rings is 1. The first-order chi connectivity index (χ1) is 13.2. The molecule has 1 aliphatic heterocycles. The molecule has 28 heavy (non-hydrogen) atoms. The SMILES string of the molecule is CN=C(NC1CC1Cc1ccccc1)N1CCN(Cc2cc(C)on2)CC1.I. The predicted molar refractivity (Wildman–Crippen MR) is 122 cm³/mol. The highest BCUT2D eigenvalue weighted by Gasteiger charge is 2.38. The monoisotopic (exact) mass is 495 g/mol. The number of aryl methyl sites for hydroxylation is 1. The minimum absolute atomic E-state index is 0. The Bertz CT molecular complexity index is 770. The maximum absolute atomic E-state index is 5.17. The summed E-state index contributed by atoms with van der Waals surface area (Å²) in [6, 6.07) is 13.3. The minimum Gasteiger partial charge on any atom is -0.361 e. The number of hydrogen-bond acceptors (Lipinski definition) is 4. The summed E-state index contributed by atoms with van der Waals surface area (Å²) in [4.78, 5) is 9.34. The first-order valence-corrected chi connectivity index (χ1v) is 9.88. The van der Waals surface area contributed by atoms with E-state index in [-0.39, 0.29) is 24.0 Å². The number of aromatic nitrogens is 1. The normalized spacial score (nSPS) is 22.6. The van der Waals surface area contributed by atoms with Crippen LogP contribution in [0, 0.1) is 12.8 Å². The van der Waals surface area contributed by atoms with Crippen molar-refractivity contribution in [1.82, 2.24) is 20.3 Å². The van der Waals surface area contributed by atoms with E-state index in [1.165, 1.54) is 12.0 Å². The van der Waals surface area contributed by atoms with Crippen LogP contribution in [0.15, 0.2) is 45.9 Å². The Morgan fingerprint density at radius 1 is 1.21 bits per heavy atom. The van der Waals surface area contributed by atoms with E-state index in [1.807, 2.05) is 20.0 Å². The van der Waals surface area contributed by atoms with E-state index in [1.54, 1.807) is 0 Å². The Morgan fingerprint density at radius 2 is 1.96 bits per heavy atom. The lowest BCUT2D eigenvalue weighted by Crippen LogP contribution is -2.52. The van der Waals surface area contributed by atoms with Crippen LogP contribution in [0.5, 0.6) is 0 Å². The molecule has 2 unspecified atom stereocenters. The van der Waals surface area contributed by atoms with Gasteiger partial charge in [-0.05, 0) is 31.2 Å². The van der Waals surface area contributed by atoms with Crippen LogP contribution in [0.3, 0.4) is 0 Å². The first kappa shape index (κ1) is 21.1. The fraction of sp³-hybridized carbons (Fsp3) is 0.524. The smallest absolute Gasteiger partial charge is 0.193 e. The van der Waals surface area contributed by atoms with Crippen molar-refractivity contribution in [3.63, 3.8) is 0 Å². The topological polar surface area (TPSA) is 56.9 Å². The lowest BCUT2D eigenvalue weighted by Gasteiger charge is -2.36. The van der Waals surface area contributed by atoms with E-state index in [2.05, 4.69) is 55.6 Å². The summed E-state index contributed by atoms with van der Waals surface area (Å²) in [5.74, 6) is 2.65. The maximum atomic E-state index is 5.17. The molecule has 6 nitrogen and oxygen atoms in total. The van der Waals surface area contributed by atoms with Gasteiger partial charge in [-0.3, -0.25) is 9.89 Å². The lowest BCUT2D eigenvalue weighted by atomic mass is 10.1. The molecule has 2 fully saturated rings. The number of rotatable bonds is 5. The summed E-state index contributed by atoms with van der Waals surface area (Å²) in [6.45, 7) is 6.82. The maximum Gasteiger partial charge on any atom is 0.193 e. The molecule has 1 N–H and O–H groups in total. The van der Waals surface area contributed by atoms with Crippen molar-refractivity contribution >= 4 is 29.9 Å². The van der Waals surface area contributed by atoms with E-state index in [0.29, 0.717) is 6.04 Å². The summed E-state index contributed by atoms with van der Waals surface area (Å²) in [5, 5.41) is 7.78. The third-order valence-electron chi connectivity index (χ3n) is 5.52. The van der Waals surface area contributed by atoms with Gasteiger partial charge in [-0.25, -0.2) is 0 Å². The number of aliphatic imine (C=N–C) groups is 1. The summed E-state index contributed by atoms with van der Waals surface area (Å²) in [5.41, 5.74) is 2.45. The second kappa shape index (κ2) is 9.73. The minimum atomic E-state index is 0. The molecule has 1 saturated carbocycles. The van der Waals surface area contributed by atoms with Crippen LogP contribution < -0.4 is 5.32 Å². The average molecular weight is 495 g/mol. The third-order valence-corrected chi connectivity index (χ3v) is 5.52. The third kappa shape index (κ3) is 5.47. The molecule has 2 aromatic rings. The lowest BCUT2D eigenvalue weighted by molar-refractivity contribution is 0.169. The second-order valence-corrected chi connectivity index (χ2v) is 7.68. The van der Waals surface area contributed by atoms with E-state index in [9.17, 15) is 0 Å². The second-order valence-electron chi connectivity index (χ2n) is 7.68. The molecule has 4 rings (SSSR count). The van der Waals surface area contributed by atoms with Crippen molar-refractivity contribution < 1.29 is 4.52 Å². The zero-order valence-electron chi connectivity index (χ0n) is 16.7. The van der Waals surface area contributed by atoms with Crippen molar-refractivity contribution in [3.05, 3.63) is 53.4 Å². The molecular weight excluding hydrogens is 465 g/mol. The highest BCUT2D eigenvalue weighted by atomic mass is 127. The highest BCUT2D eigenvalue weighted by molar-refractivity contribution is 14.0. The van der Waals surface area contributed by atoms with Crippen LogP contribution >= 0.6 is 24.0 Å². The molecule has 1 aliphatic carbocycles. The van der Waals surface area contributed by atoms with Crippen molar-refractivity contribution in [1.29, 1.82) is 0 Å². The van der Waals surface area contributed by atoms with Crippen molar-refractivity contribution in [2.24, 2.45) is 10.9 Å². The van der Waals surface area contributed by atoms with Gasteiger partial charge in [0.05, 0.1) is 5.69 Å². The van der Waals surface area contributed by atoms with Gasteiger partial charge in [-0.2, -0.15) is 0 Å². The van der Waals surface area contributed by atoms with Gasteiger partial charge in [0.15, 0.2) is 5.96 Å². The Hall–Kier alpha value is -1.61. The van der Waals surface area contributed by atoms with Crippen molar-refractivity contribution in [2.75, 3.05) is 33.2 Å². The fourth-order valence-corrected chi connectivity index (χ4v) is 3.87. The molecule has 0 bridgehead atoms. The Morgan fingerprint density at radius 3 is 2.61 bits per heavy atom. The van der Waals surface area contributed by atoms with Crippen LogP contribution in [0.1, 0.15) is 23.4 Å². The number of hydrogen-bond donors (Lipinski definition) is 1. The fourth-order valence-electron chi connectivity index (χ4n) is 3.87. The highest BCUT2D eigenvalue weighted by Crippen LogP contribution is 2.33. The van der Waals surface area contributed by atoms with Gasteiger partial charge in [0.2, 0.25) is 0 Å². The zero-order valence-corrected chi connectivity index (χ0v) is 19.0. The zero-order chi connectivity index (χ0) is 18.6. The number of nitrogens with one attached hydrogen (secondary N) is 1. The molecule has 152 valence electrons. The van der Waals surface area contributed by atoms with Gasteiger partial charge >= 0.3 is 0 Å². The molecule has 1 saturated heterocycles. The molecule has 2 heterocycles. The number of nitrogens with zero attached hydrogens (tertiary/aromatic N) is 4. The van der Waals surface area contributed by atoms with E-state index in [0.717, 1.165) is 62.5 Å². The van der Waals surface area contributed by atoms with Crippen LogP contribution in [-0.4, -0.2) is 60.2 Å². The number of guanidine groups is 1. The van der Waals surface area contributed by atoms with Gasteiger partial charge in [0.1, 0.15) is 5.76 Å². The molecule has 0 amide bonds. The van der Waals surface area contributed by atoms with Gasteiger partial charge < -0.3 is 14.7 Å².